The molecule has 0 saturated heterocycles. The summed E-state index contributed by atoms with van der Waals surface area (Å²) < 4.78 is -2.04. The van der Waals surface area contributed by atoms with Gasteiger partial charge in [-0.25, -0.2) is 0 Å². The van der Waals surface area contributed by atoms with Gasteiger partial charge in [-0.1, -0.05) is 12.2 Å². The van der Waals surface area contributed by atoms with E-state index in [1.807, 2.05) is 23.0 Å². The monoisotopic (exact) mass is 470 g/mol. The number of hydrogen-bond donors (Lipinski definition) is 2. The fraction of sp³-hybridized carbons (Fsp3) is 0.435. The molecule has 4 unspecified atom stereocenters. The molecule has 4 atom stereocenters. The van der Waals surface area contributed by atoms with Crippen molar-refractivity contribution in [1.29, 1.82) is 0 Å². The normalized spacial score (nSPS) is 28.9. The Balaban J connectivity index is 1.53. The lowest BCUT2D eigenvalue weighted by atomic mass is 9.74. The molecule has 4 heterocycles. The van der Waals surface area contributed by atoms with E-state index in [9.17, 15) is 15.0 Å². The van der Waals surface area contributed by atoms with Gasteiger partial charge in [0.05, 0.1) is 24.6 Å². The third-order valence-corrected chi connectivity index (χ3v) is 8.93. The highest BCUT2D eigenvalue weighted by Gasteiger charge is 2.58. The summed E-state index contributed by atoms with van der Waals surface area (Å²) in [4.78, 5) is 31.0. The van der Waals surface area contributed by atoms with Crippen molar-refractivity contribution >= 4 is 29.3 Å². The lowest BCUT2D eigenvalue weighted by Crippen LogP contribution is -2.57. The first kappa shape index (κ1) is 23.1. The maximum Gasteiger partial charge on any atom is 0.171 e. The lowest BCUT2D eigenvalue weighted by molar-refractivity contribution is -0.127. The number of allylic oxidation sites excluding steroid dienone is 2. The number of aliphatic hydroxyl groups is 2. The Morgan fingerprint density at radius 3 is 1.66 bits per heavy atom. The Hall–Kier alpha value is -2.07. The highest BCUT2D eigenvalue weighted by atomic mass is 32.2. The molecule has 2 aliphatic heterocycles. The molecule has 2 N–H and O–H groups in total. The van der Waals surface area contributed by atoms with Gasteiger partial charge in [-0.3, -0.25) is 24.7 Å². The van der Waals surface area contributed by atoms with Gasteiger partial charge in [0.1, 0.15) is 9.49 Å². The number of aromatic nitrogens is 4. The highest BCUT2D eigenvalue weighted by molar-refractivity contribution is 8.06. The van der Waals surface area contributed by atoms with Crippen LogP contribution in [0.1, 0.15) is 24.2 Å². The minimum absolute atomic E-state index is 0.103. The Labute approximate surface area is 195 Å². The molecular weight excluding hydrogens is 444 g/mol. The molecule has 0 spiro atoms. The van der Waals surface area contributed by atoms with Gasteiger partial charge in [0.15, 0.2) is 5.78 Å². The van der Waals surface area contributed by atoms with E-state index in [0.717, 1.165) is 11.4 Å². The van der Waals surface area contributed by atoms with E-state index in [4.69, 9.17) is 0 Å². The van der Waals surface area contributed by atoms with Crippen LogP contribution in [0.4, 0.5) is 0 Å². The zero-order valence-electron chi connectivity index (χ0n) is 17.6. The van der Waals surface area contributed by atoms with Crippen molar-refractivity contribution in [2.24, 2.45) is 11.8 Å². The topological polar surface area (TPSA) is 109 Å². The van der Waals surface area contributed by atoms with Crippen LogP contribution in [0.5, 0.6) is 0 Å². The summed E-state index contributed by atoms with van der Waals surface area (Å²) in [5.41, 5.74) is 1.71. The van der Waals surface area contributed by atoms with Crippen molar-refractivity contribution in [1.82, 2.24) is 19.9 Å². The van der Waals surface area contributed by atoms with E-state index in [1.165, 1.54) is 23.5 Å². The van der Waals surface area contributed by atoms with Gasteiger partial charge in [-0.2, -0.15) is 0 Å². The smallest absolute Gasteiger partial charge is 0.171 e. The van der Waals surface area contributed by atoms with Gasteiger partial charge in [-0.05, 0) is 36.5 Å². The van der Waals surface area contributed by atoms with Gasteiger partial charge in [-0.15, -0.1) is 23.5 Å². The summed E-state index contributed by atoms with van der Waals surface area (Å²) in [5, 5.41) is 24.8. The minimum Gasteiger partial charge on any atom is -0.394 e. The summed E-state index contributed by atoms with van der Waals surface area (Å²) in [6.07, 6.45) is 16.7. The van der Waals surface area contributed by atoms with Crippen LogP contribution in [-0.4, -0.2) is 58.6 Å². The van der Waals surface area contributed by atoms with Crippen LogP contribution in [0.2, 0.25) is 0 Å². The van der Waals surface area contributed by atoms with Gasteiger partial charge < -0.3 is 10.2 Å². The number of aliphatic hydroxyl groups excluding tert-OH is 2. The van der Waals surface area contributed by atoms with E-state index < -0.39 is 9.49 Å². The van der Waals surface area contributed by atoms with Crippen LogP contribution in [0, 0.1) is 11.8 Å². The molecule has 2 aromatic heterocycles. The van der Waals surface area contributed by atoms with E-state index in [-0.39, 0.29) is 30.8 Å². The van der Waals surface area contributed by atoms with Crippen LogP contribution in [0.3, 0.4) is 0 Å². The summed E-state index contributed by atoms with van der Waals surface area (Å²) >= 11 is 2.74. The summed E-state index contributed by atoms with van der Waals surface area (Å²) in [6.45, 7) is -0.568. The number of carbonyl (C=O) groups is 1. The maximum atomic E-state index is 14.1. The second kappa shape index (κ2) is 10.2. The number of thioether (sulfide) groups is 2. The maximum absolute atomic E-state index is 14.1. The molecule has 0 fully saturated rings. The molecule has 7 nitrogen and oxygen atoms in total. The summed E-state index contributed by atoms with van der Waals surface area (Å²) in [6, 6.07) is 0. The molecule has 9 heteroatoms. The molecule has 4 rings (SSSR count). The fourth-order valence-electron chi connectivity index (χ4n) is 4.44. The van der Waals surface area contributed by atoms with Crippen molar-refractivity contribution in [3.8, 4) is 0 Å². The van der Waals surface area contributed by atoms with Gasteiger partial charge in [0, 0.05) is 49.0 Å². The van der Waals surface area contributed by atoms with Crippen LogP contribution in [-0.2, 0) is 17.6 Å². The highest BCUT2D eigenvalue weighted by Crippen LogP contribution is 2.53. The first-order valence-electron chi connectivity index (χ1n) is 10.6. The molecule has 32 heavy (non-hydrogen) atoms. The van der Waals surface area contributed by atoms with Gasteiger partial charge in [0.2, 0.25) is 0 Å². The number of carbonyl (C=O) groups excluding carboxylic acids is 1. The second-order valence-corrected chi connectivity index (χ2v) is 10.5. The van der Waals surface area contributed by atoms with E-state index in [0.29, 0.717) is 25.7 Å². The van der Waals surface area contributed by atoms with E-state index in [1.54, 1.807) is 37.2 Å². The van der Waals surface area contributed by atoms with Crippen molar-refractivity contribution in [3.05, 3.63) is 71.5 Å². The molecule has 2 aliphatic rings. The SMILES string of the molecule is O=C(C1(CO)SC=CC1CCc1cnccn1)C1(CO)SC=CC1CCc1cnccn1. The molecule has 0 aliphatic carbocycles. The van der Waals surface area contributed by atoms with Gasteiger partial charge >= 0.3 is 0 Å². The van der Waals surface area contributed by atoms with Crippen molar-refractivity contribution in [3.63, 3.8) is 0 Å². The molecular formula is C23H26N4O3S2. The standard InChI is InChI=1S/C23H26N4O3S2/c28-15-22(17(5-11-31-22)1-3-19-13-24-7-9-26-19)21(30)23(16-29)18(6-12-32-23)2-4-20-14-25-8-10-27-20/h5-14,17-18,28-29H,1-4,15-16H2. The van der Waals surface area contributed by atoms with Crippen molar-refractivity contribution in [2.45, 2.75) is 35.2 Å². The predicted octanol–water partition coefficient (Wildman–Crippen LogP) is 2.62. The Morgan fingerprint density at radius 2 is 1.28 bits per heavy atom. The number of ketones is 1. The fourth-order valence-corrected chi connectivity index (χ4v) is 6.99. The van der Waals surface area contributed by atoms with Crippen molar-refractivity contribution < 1.29 is 15.0 Å². The van der Waals surface area contributed by atoms with Crippen LogP contribution < -0.4 is 0 Å². The van der Waals surface area contributed by atoms with Crippen LogP contribution >= 0.6 is 23.5 Å². The Bertz CT molecular complexity index is 898. The van der Waals surface area contributed by atoms with Gasteiger partial charge in [0.25, 0.3) is 0 Å². The number of rotatable bonds is 10. The van der Waals surface area contributed by atoms with Crippen LogP contribution in [0.25, 0.3) is 0 Å². The molecule has 2 aromatic rings. The third-order valence-electron chi connectivity index (χ3n) is 6.27. The zero-order chi connectivity index (χ0) is 22.4. The molecule has 0 aromatic carbocycles. The lowest BCUT2D eigenvalue weighted by Gasteiger charge is -2.41. The number of hydrogen-bond acceptors (Lipinski definition) is 9. The quantitative estimate of drug-likeness (QED) is 0.541. The molecule has 0 saturated carbocycles. The number of nitrogens with zero attached hydrogens (tertiary/aromatic N) is 4. The Kier molecular flexibility index (Phi) is 7.40. The molecule has 0 radical (unpaired) electrons. The Morgan fingerprint density at radius 1 is 0.812 bits per heavy atom. The van der Waals surface area contributed by atoms with Crippen molar-refractivity contribution in [2.75, 3.05) is 13.2 Å². The number of aryl methyl sites for hydroxylation is 2. The molecule has 168 valence electrons. The molecule has 0 bridgehead atoms. The average molecular weight is 471 g/mol. The average Bonchev–Trinajstić information content (AvgIpc) is 3.47. The predicted molar refractivity (Wildman–Crippen MR) is 126 cm³/mol. The van der Waals surface area contributed by atoms with Crippen LogP contribution in [0.15, 0.2) is 60.1 Å². The minimum atomic E-state index is -1.02. The second-order valence-electron chi connectivity index (χ2n) is 8.00. The first-order valence-corrected chi connectivity index (χ1v) is 12.4. The first-order chi connectivity index (χ1) is 15.6. The largest absolute Gasteiger partial charge is 0.394 e. The number of Topliss-reactive ketones (excluding diaryl/α,β-unsaturated/α-hetero) is 1. The third kappa shape index (κ3) is 4.39. The van der Waals surface area contributed by atoms with E-state index >= 15 is 0 Å². The molecule has 0 amide bonds. The summed E-state index contributed by atoms with van der Waals surface area (Å²) in [7, 11) is 0. The zero-order valence-corrected chi connectivity index (χ0v) is 19.2. The summed E-state index contributed by atoms with van der Waals surface area (Å²) in [5.74, 6) is -0.414. The van der Waals surface area contributed by atoms with E-state index in [2.05, 4.69) is 19.9 Å².